The van der Waals surface area contributed by atoms with Crippen LogP contribution in [0.5, 0.6) is 0 Å². The molecule has 0 aliphatic carbocycles. The molecule has 0 N–H and O–H groups in total. The molecule has 5 heteroatoms. The second-order valence-corrected chi connectivity index (χ2v) is 19.7. The first-order chi connectivity index (χ1) is 5.91. The lowest BCUT2D eigenvalue weighted by Gasteiger charge is -2.33. The standard InChI is InChI=1S/C9H26O2Si3/c1-12(2,3)10-9-14(7,8)11-13(4,5)6/h9H2,1-8H3. The number of hydrogen-bond acceptors (Lipinski definition) is 2. The quantitative estimate of drug-likeness (QED) is 0.696. The van der Waals surface area contributed by atoms with Crippen molar-refractivity contribution in [3.8, 4) is 0 Å². The van der Waals surface area contributed by atoms with Gasteiger partial charge in [0.2, 0.25) is 0 Å². The topological polar surface area (TPSA) is 18.5 Å². The lowest BCUT2D eigenvalue weighted by molar-refractivity contribution is 0.347. The molecule has 2 nitrogen and oxygen atoms in total. The fourth-order valence-corrected chi connectivity index (χ4v) is 11.2. The van der Waals surface area contributed by atoms with Crippen LogP contribution in [0.3, 0.4) is 0 Å². The molecule has 14 heavy (non-hydrogen) atoms. The number of rotatable bonds is 5. The Labute approximate surface area is 92.4 Å². The van der Waals surface area contributed by atoms with E-state index in [0.717, 1.165) is 6.23 Å². The molecule has 0 unspecified atom stereocenters. The van der Waals surface area contributed by atoms with E-state index in [0.29, 0.717) is 0 Å². The summed E-state index contributed by atoms with van der Waals surface area (Å²) in [5.74, 6) is 0. The first-order valence-electron chi connectivity index (χ1n) is 5.25. The zero-order valence-corrected chi connectivity index (χ0v) is 14.0. The van der Waals surface area contributed by atoms with E-state index >= 15 is 0 Å². The predicted molar refractivity (Wildman–Crippen MR) is 71.2 cm³/mol. The Morgan fingerprint density at radius 1 is 0.714 bits per heavy atom. The van der Waals surface area contributed by atoms with Gasteiger partial charge in [0, 0.05) is 0 Å². The normalized spacial score (nSPS) is 14.6. The third-order valence-electron chi connectivity index (χ3n) is 1.44. The predicted octanol–water partition coefficient (Wildman–Crippen LogP) is 3.43. The summed E-state index contributed by atoms with van der Waals surface area (Å²) in [6, 6.07) is 0. The van der Waals surface area contributed by atoms with Gasteiger partial charge in [-0.1, -0.05) is 0 Å². The molecular formula is C9H26O2Si3. The number of hydrogen-bond donors (Lipinski definition) is 0. The van der Waals surface area contributed by atoms with Crippen molar-refractivity contribution in [1.29, 1.82) is 0 Å². The van der Waals surface area contributed by atoms with Crippen molar-refractivity contribution in [2.24, 2.45) is 0 Å². The lowest BCUT2D eigenvalue weighted by Crippen LogP contribution is -2.48. The summed E-state index contributed by atoms with van der Waals surface area (Å²) in [6.45, 7) is 17.9. The summed E-state index contributed by atoms with van der Waals surface area (Å²) in [5, 5.41) is 0. The van der Waals surface area contributed by atoms with Gasteiger partial charge in [0.25, 0.3) is 0 Å². The van der Waals surface area contributed by atoms with Crippen molar-refractivity contribution < 1.29 is 8.54 Å². The van der Waals surface area contributed by atoms with Crippen LogP contribution in [-0.2, 0) is 8.54 Å². The minimum Gasteiger partial charge on any atom is -0.454 e. The Balaban J connectivity index is 4.09. The highest BCUT2D eigenvalue weighted by Gasteiger charge is 2.31. The van der Waals surface area contributed by atoms with Crippen LogP contribution in [-0.4, -0.2) is 31.2 Å². The van der Waals surface area contributed by atoms with Gasteiger partial charge >= 0.3 is 0 Å². The fraction of sp³-hybridized carbons (Fsp3) is 1.00. The van der Waals surface area contributed by atoms with Crippen LogP contribution in [0, 0.1) is 0 Å². The van der Waals surface area contributed by atoms with E-state index in [2.05, 4.69) is 52.4 Å². The molecule has 0 aromatic rings. The molecule has 0 saturated carbocycles. The molecule has 0 fully saturated rings. The zero-order valence-electron chi connectivity index (χ0n) is 11.0. The smallest absolute Gasteiger partial charge is 0.198 e. The van der Waals surface area contributed by atoms with Gasteiger partial charge < -0.3 is 8.54 Å². The van der Waals surface area contributed by atoms with Crippen LogP contribution in [0.25, 0.3) is 0 Å². The van der Waals surface area contributed by atoms with Gasteiger partial charge in [-0.2, -0.15) is 0 Å². The average molecular weight is 251 g/mol. The molecule has 0 aromatic carbocycles. The third kappa shape index (κ3) is 9.14. The van der Waals surface area contributed by atoms with E-state index < -0.39 is 25.0 Å². The largest absolute Gasteiger partial charge is 0.454 e. The fourth-order valence-electron chi connectivity index (χ4n) is 1.25. The highest BCUT2D eigenvalue weighted by molar-refractivity contribution is 6.84. The van der Waals surface area contributed by atoms with E-state index in [-0.39, 0.29) is 0 Å². The van der Waals surface area contributed by atoms with Gasteiger partial charge in [0.1, 0.15) is 0 Å². The average Bonchev–Trinajstić information content (AvgIpc) is 1.76. The molecule has 0 rings (SSSR count). The molecule has 0 heterocycles. The van der Waals surface area contributed by atoms with Gasteiger partial charge in [0.05, 0.1) is 6.23 Å². The van der Waals surface area contributed by atoms with E-state index in [1.807, 2.05) is 0 Å². The molecule has 0 saturated heterocycles. The molecule has 0 amide bonds. The SMILES string of the molecule is C[Si](C)(C)OC[Si](C)(C)O[Si](C)(C)C. The monoisotopic (exact) mass is 250 g/mol. The molecule has 0 aromatic heterocycles. The maximum Gasteiger partial charge on any atom is 0.198 e. The van der Waals surface area contributed by atoms with E-state index in [1.54, 1.807) is 0 Å². The van der Waals surface area contributed by atoms with Crippen molar-refractivity contribution in [1.82, 2.24) is 0 Å². The lowest BCUT2D eigenvalue weighted by atomic mass is 11.7. The van der Waals surface area contributed by atoms with Crippen LogP contribution in [0.4, 0.5) is 0 Å². The van der Waals surface area contributed by atoms with Crippen molar-refractivity contribution in [2.45, 2.75) is 52.4 Å². The summed E-state index contributed by atoms with van der Waals surface area (Å²) in [4.78, 5) is 0. The summed E-state index contributed by atoms with van der Waals surface area (Å²) in [7, 11) is -4.34. The molecule has 0 bridgehead atoms. The van der Waals surface area contributed by atoms with Gasteiger partial charge in [-0.3, -0.25) is 0 Å². The Morgan fingerprint density at radius 2 is 1.14 bits per heavy atom. The van der Waals surface area contributed by atoms with Crippen LogP contribution in [0.2, 0.25) is 52.4 Å². The van der Waals surface area contributed by atoms with E-state index in [1.165, 1.54) is 0 Å². The van der Waals surface area contributed by atoms with Crippen molar-refractivity contribution >= 4 is 25.0 Å². The highest BCUT2D eigenvalue weighted by Crippen LogP contribution is 2.16. The molecule has 86 valence electrons. The summed E-state index contributed by atoms with van der Waals surface area (Å²) >= 11 is 0. The van der Waals surface area contributed by atoms with Gasteiger partial charge in [0.15, 0.2) is 25.0 Å². The van der Waals surface area contributed by atoms with E-state index in [9.17, 15) is 0 Å². The van der Waals surface area contributed by atoms with E-state index in [4.69, 9.17) is 8.54 Å². The maximum absolute atomic E-state index is 6.20. The van der Waals surface area contributed by atoms with Crippen LogP contribution in [0.1, 0.15) is 0 Å². The summed E-state index contributed by atoms with van der Waals surface area (Å²) in [6.07, 6.45) is 0.854. The molecule has 0 atom stereocenters. The molecular weight excluding hydrogens is 224 g/mol. The van der Waals surface area contributed by atoms with Gasteiger partial charge in [-0.05, 0) is 52.4 Å². The van der Waals surface area contributed by atoms with Crippen LogP contribution < -0.4 is 0 Å². The third-order valence-corrected chi connectivity index (χ3v) is 8.23. The Hall–Kier alpha value is 0.571. The Kier molecular flexibility index (Phi) is 4.80. The second kappa shape index (κ2) is 4.61. The van der Waals surface area contributed by atoms with Crippen molar-refractivity contribution in [3.63, 3.8) is 0 Å². The summed E-state index contributed by atoms with van der Waals surface area (Å²) in [5.41, 5.74) is 0. The first kappa shape index (κ1) is 14.6. The van der Waals surface area contributed by atoms with Gasteiger partial charge in [-0.15, -0.1) is 0 Å². The van der Waals surface area contributed by atoms with Crippen molar-refractivity contribution in [2.75, 3.05) is 6.23 Å². The van der Waals surface area contributed by atoms with Crippen LogP contribution in [0.15, 0.2) is 0 Å². The maximum atomic E-state index is 6.20. The first-order valence-corrected chi connectivity index (χ1v) is 15.2. The Morgan fingerprint density at radius 3 is 1.43 bits per heavy atom. The molecule has 0 spiro atoms. The minimum atomic E-state index is -1.57. The molecule has 0 aliphatic rings. The molecule has 0 aliphatic heterocycles. The minimum absolute atomic E-state index is 0.854. The Bertz CT molecular complexity index is 179. The van der Waals surface area contributed by atoms with Gasteiger partial charge in [-0.25, -0.2) is 0 Å². The second-order valence-electron chi connectivity index (χ2n) is 6.38. The molecule has 0 radical (unpaired) electrons. The zero-order chi connectivity index (χ0) is 11.6. The van der Waals surface area contributed by atoms with Crippen molar-refractivity contribution in [3.05, 3.63) is 0 Å². The summed E-state index contributed by atoms with van der Waals surface area (Å²) < 4.78 is 12.1. The van der Waals surface area contributed by atoms with Crippen LogP contribution >= 0.6 is 0 Å². The highest BCUT2D eigenvalue weighted by atomic mass is 28.4.